The molecular formula is C22H22N3O4. The van der Waals surface area contributed by atoms with Crippen LogP contribution in [0.1, 0.15) is 47.0 Å². The van der Waals surface area contributed by atoms with Crippen LogP contribution < -0.4 is 5.32 Å². The van der Waals surface area contributed by atoms with Crippen LogP contribution in [0.4, 0.5) is 5.82 Å². The minimum absolute atomic E-state index is 0.00238. The summed E-state index contributed by atoms with van der Waals surface area (Å²) in [6.07, 6.45) is 6.80. The lowest BCUT2D eigenvalue weighted by atomic mass is 9.90. The number of rotatable bonds is 6. The normalized spacial score (nSPS) is 20.9. The van der Waals surface area contributed by atoms with Crippen molar-refractivity contribution in [2.45, 2.75) is 37.5 Å². The van der Waals surface area contributed by atoms with E-state index in [9.17, 15) is 15.0 Å². The highest BCUT2D eigenvalue weighted by atomic mass is 16.3. The summed E-state index contributed by atoms with van der Waals surface area (Å²) in [5.74, 6) is 0.100. The molecule has 29 heavy (non-hydrogen) atoms. The third-order valence-electron chi connectivity index (χ3n) is 5.24. The second kappa shape index (κ2) is 7.77. The quantitative estimate of drug-likeness (QED) is 0.554. The summed E-state index contributed by atoms with van der Waals surface area (Å²) in [5, 5.41) is 23.8. The molecule has 1 radical (unpaired) electrons. The molecule has 0 aliphatic heterocycles. The summed E-state index contributed by atoms with van der Waals surface area (Å²) in [6, 6.07) is 10.7. The molecule has 1 fully saturated rings. The highest BCUT2D eigenvalue weighted by molar-refractivity contribution is 6.10. The standard InChI is InChI=1S/C22H22N3O4/c1-22(28,14-5-3-2-4-6-14)15-9-19(29-12-15)20(27)18-11-23-13-24-21(18)25-16-7-8-17(26)10-16/h2-6,8-9,11-13,16-17,26,28H,7,10H2,1H3,(H,23,24,25)/t16-,17+,22-/m1/s1. The van der Waals surface area contributed by atoms with Crippen LogP contribution in [0.3, 0.4) is 0 Å². The fourth-order valence-electron chi connectivity index (χ4n) is 3.50. The van der Waals surface area contributed by atoms with Gasteiger partial charge in [0.2, 0.25) is 5.78 Å². The van der Waals surface area contributed by atoms with E-state index in [1.807, 2.05) is 36.8 Å². The number of nitrogens with one attached hydrogen (secondary N) is 1. The summed E-state index contributed by atoms with van der Waals surface area (Å²) < 4.78 is 5.49. The van der Waals surface area contributed by atoms with Crippen LogP contribution in [-0.2, 0) is 5.60 Å². The molecule has 4 rings (SSSR count). The van der Waals surface area contributed by atoms with E-state index in [1.165, 1.54) is 18.8 Å². The summed E-state index contributed by atoms with van der Waals surface area (Å²) >= 11 is 0. The van der Waals surface area contributed by atoms with Gasteiger partial charge in [0.05, 0.1) is 17.9 Å². The maximum absolute atomic E-state index is 13.0. The topological polar surface area (TPSA) is 108 Å². The second-order valence-corrected chi connectivity index (χ2v) is 7.37. The minimum Gasteiger partial charge on any atom is -0.460 e. The smallest absolute Gasteiger partial charge is 0.233 e. The summed E-state index contributed by atoms with van der Waals surface area (Å²) in [4.78, 5) is 21.2. The van der Waals surface area contributed by atoms with E-state index in [2.05, 4.69) is 15.3 Å². The van der Waals surface area contributed by atoms with Crippen LogP contribution in [0, 0.1) is 6.42 Å². The van der Waals surface area contributed by atoms with Gasteiger partial charge in [0.25, 0.3) is 0 Å². The highest BCUT2D eigenvalue weighted by Gasteiger charge is 2.30. The number of aliphatic hydroxyl groups is 2. The Morgan fingerprint density at radius 3 is 2.79 bits per heavy atom. The molecule has 1 aliphatic rings. The fraction of sp³-hybridized carbons (Fsp3) is 0.273. The van der Waals surface area contributed by atoms with E-state index in [0.29, 0.717) is 29.8 Å². The first-order valence-corrected chi connectivity index (χ1v) is 9.44. The van der Waals surface area contributed by atoms with Gasteiger partial charge in [-0.25, -0.2) is 9.97 Å². The largest absolute Gasteiger partial charge is 0.460 e. The third-order valence-corrected chi connectivity index (χ3v) is 5.24. The van der Waals surface area contributed by atoms with Gasteiger partial charge in [0, 0.05) is 17.8 Å². The molecule has 149 valence electrons. The average molecular weight is 392 g/mol. The van der Waals surface area contributed by atoms with Gasteiger partial charge in [-0.1, -0.05) is 30.3 Å². The van der Waals surface area contributed by atoms with E-state index >= 15 is 0 Å². The molecule has 1 aromatic carbocycles. The van der Waals surface area contributed by atoms with Gasteiger partial charge in [-0.2, -0.15) is 0 Å². The van der Waals surface area contributed by atoms with Gasteiger partial charge in [0.1, 0.15) is 17.7 Å². The van der Waals surface area contributed by atoms with Gasteiger partial charge in [-0.15, -0.1) is 0 Å². The average Bonchev–Trinajstić information content (AvgIpc) is 3.38. The Balaban J connectivity index is 1.59. The van der Waals surface area contributed by atoms with Gasteiger partial charge in [-0.05, 0) is 37.8 Å². The lowest BCUT2D eigenvalue weighted by molar-refractivity contribution is 0.100. The van der Waals surface area contributed by atoms with Crippen molar-refractivity contribution in [2.24, 2.45) is 0 Å². The number of hydrogen-bond acceptors (Lipinski definition) is 7. The molecule has 3 N–H and O–H groups in total. The molecule has 3 atom stereocenters. The number of carbonyl (C=O) groups is 1. The zero-order valence-corrected chi connectivity index (χ0v) is 15.9. The van der Waals surface area contributed by atoms with Crippen molar-refractivity contribution in [3.63, 3.8) is 0 Å². The van der Waals surface area contributed by atoms with E-state index in [0.717, 1.165) is 0 Å². The monoisotopic (exact) mass is 392 g/mol. The molecule has 2 heterocycles. The van der Waals surface area contributed by atoms with Crippen molar-refractivity contribution in [3.05, 3.63) is 84.1 Å². The zero-order valence-electron chi connectivity index (χ0n) is 15.9. The van der Waals surface area contributed by atoms with Crippen molar-refractivity contribution < 1.29 is 19.4 Å². The fourth-order valence-corrected chi connectivity index (χ4v) is 3.50. The molecule has 0 amide bonds. The van der Waals surface area contributed by atoms with Gasteiger partial charge in [-0.3, -0.25) is 4.79 Å². The first kappa shape index (κ1) is 19.3. The second-order valence-electron chi connectivity index (χ2n) is 7.37. The Kier molecular flexibility index (Phi) is 5.17. The maximum Gasteiger partial charge on any atom is 0.233 e. The zero-order chi connectivity index (χ0) is 20.4. The number of anilines is 1. The number of hydrogen-bond donors (Lipinski definition) is 3. The molecule has 3 aromatic rings. The Labute approximate surface area is 168 Å². The summed E-state index contributed by atoms with van der Waals surface area (Å²) in [5.41, 5.74) is 0.148. The van der Waals surface area contributed by atoms with Crippen molar-refractivity contribution in [1.29, 1.82) is 0 Å². The number of nitrogens with zero attached hydrogens (tertiary/aromatic N) is 2. The lowest BCUT2D eigenvalue weighted by Crippen LogP contribution is -2.22. The summed E-state index contributed by atoms with van der Waals surface area (Å²) in [6.45, 7) is 1.65. The molecule has 7 heteroatoms. The molecule has 0 saturated heterocycles. The van der Waals surface area contributed by atoms with E-state index in [4.69, 9.17) is 4.42 Å². The minimum atomic E-state index is -1.30. The summed E-state index contributed by atoms with van der Waals surface area (Å²) in [7, 11) is 0. The highest BCUT2D eigenvalue weighted by Crippen LogP contribution is 2.31. The molecular weight excluding hydrogens is 370 g/mol. The third kappa shape index (κ3) is 3.92. The van der Waals surface area contributed by atoms with E-state index < -0.39 is 11.7 Å². The molecule has 0 bridgehead atoms. The first-order valence-electron chi connectivity index (χ1n) is 9.44. The Morgan fingerprint density at radius 2 is 2.07 bits per heavy atom. The molecule has 1 saturated carbocycles. The van der Waals surface area contributed by atoms with Crippen molar-refractivity contribution in [1.82, 2.24) is 9.97 Å². The number of aromatic nitrogens is 2. The number of ketones is 1. The van der Waals surface area contributed by atoms with Crippen LogP contribution in [0.5, 0.6) is 0 Å². The molecule has 2 aromatic heterocycles. The van der Waals surface area contributed by atoms with Crippen molar-refractivity contribution in [2.75, 3.05) is 5.32 Å². The van der Waals surface area contributed by atoms with Crippen molar-refractivity contribution in [3.8, 4) is 0 Å². The molecule has 0 spiro atoms. The van der Waals surface area contributed by atoms with E-state index in [-0.39, 0.29) is 23.1 Å². The maximum atomic E-state index is 13.0. The molecule has 1 aliphatic carbocycles. The van der Waals surface area contributed by atoms with Crippen LogP contribution in [0.25, 0.3) is 0 Å². The Hall–Kier alpha value is -3.03. The number of benzene rings is 1. The van der Waals surface area contributed by atoms with Crippen LogP contribution in [-0.4, -0.2) is 38.1 Å². The number of carbonyl (C=O) groups excluding carboxylic acids is 1. The Morgan fingerprint density at radius 1 is 1.28 bits per heavy atom. The number of aliphatic hydroxyl groups excluding tert-OH is 1. The predicted molar refractivity (Wildman–Crippen MR) is 106 cm³/mol. The van der Waals surface area contributed by atoms with Crippen molar-refractivity contribution >= 4 is 11.6 Å². The van der Waals surface area contributed by atoms with Crippen LogP contribution in [0.2, 0.25) is 0 Å². The van der Waals surface area contributed by atoms with E-state index in [1.54, 1.807) is 13.0 Å². The predicted octanol–water partition coefficient (Wildman–Crippen LogP) is 2.70. The van der Waals surface area contributed by atoms with Crippen LogP contribution >= 0.6 is 0 Å². The molecule has 7 nitrogen and oxygen atoms in total. The Bertz CT molecular complexity index is 1000. The first-order chi connectivity index (χ1) is 13.9. The molecule has 0 unspecified atom stereocenters. The number of furan rings is 1. The van der Waals surface area contributed by atoms with Gasteiger partial charge in [0.15, 0.2) is 5.76 Å². The SMILES string of the molecule is C[C@@](O)(c1ccccc1)c1coc(C(=O)c2cncnc2N[C@@H]2C[CH][C@H](O)C2)c1. The lowest BCUT2D eigenvalue weighted by Gasteiger charge is -2.22. The van der Waals surface area contributed by atoms with Gasteiger partial charge < -0.3 is 19.9 Å². The van der Waals surface area contributed by atoms with Crippen LogP contribution in [0.15, 0.2) is 59.6 Å². The van der Waals surface area contributed by atoms with Gasteiger partial charge >= 0.3 is 0 Å².